The quantitative estimate of drug-likeness (QED) is 0.541. The highest BCUT2D eigenvalue weighted by atomic mass is 32.1. The van der Waals surface area contributed by atoms with Crippen molar-refractivity contribution in [2.75, 3.05) is 20.8 Å². The van der Waals surface area contributed by atoms with Gasteiger partial charge in [0, 0.05) is 29.5 Å². The first-order valence-corrected chi connectivity index (χ1v) is 9.88. The van der Waals surface area contributed by atoms with Crippen molar-refractivity contribution in [2.45, 2.75) is 13.0 Å². The van der Waals surface area contributed by atoms with Crippen molar-refractivity contribution in [3.05, 3.63) is 58.4 Å². The lowest BCUT2D eigenvalue weighted by Gasteiger charge is -2.11. The van der Waals surface area contributed by atoms with E-state index in [4.69, 9.17) is 9.47 Å². The number of halogens is 2. The summed E-state index contributed by atoms with van der Waals surface area (Å²) in [6, 6.07) is 11.7. The van der Waals surface area contributed by atoms with Crippen LogP contribution in [0.5, 0.6) is 17.2 Å². The van der Waals surface area contributed by atoms with Crippen LogP contribution in [0.25, 0.3) is 11.3 Å². The van der Waals surface area contributed by atoms with E-state index < -0.39 is 6.61 Å². The molecule has 0 saturated carbocycles. The van der Waals surface area contributed by atoms with Gasteiger partial charge in [0.05, 0.1) is 24.9 Å². The van der Waals surface area contributed by atoms with Gasteiger partial charge in [-0.1, -0.05) is 0 Å². The molecule has 0 bridgehead atoms. The molecule has 0 atom stereocenters. The molecule has 0 unspecified atom stereocenters. The summed E-state index contributed by atoms with van der Waals surface area (Å²) in [5.74, 6) is 0.371. The van der Waals surface area contributed by atoms with E-state index >= 15 is 0 Å². The Kier molecular flexibility index (Phi) is 7.18. The number of aromatic nitrogens is 1. The molecule has 0 radical (unpaired) electrons. The van der Waals surface area contributed by atoms with Crippen molar-refractivity contribution in [1.82, 2.24) is 10.3 Å². The van der Waals surface area contributed by atoms with Gasteiger partial charge in [-0.3, -0.25) is 4.79 Å². The second-order valence-electron chi connectivity index (χ2n) is 6.11. The highest BCUT2D eigenvalue weighted by Gasteiger charge is 2.14. The van der Waals surface area contributed by atoms with Crippen molar-refractivity contribution in [1.29, 1.82) is 0 Å². The van der Waals surface area contributed by atoms with Crippen molar-refractivity contribution in [3.63, 3.8) is 0 Å². The maximum Gasteiger partial charge on any atom is 0.387 e. The molecule has 6 nitrogen and oxygen atoms in total. The van der Waals surface area contributed by atoms with Gasteiger partial charge < -0.3 is 19.5 Å². The molecule has 2 aromatic carbocycles. The lowest BCUT2D eigenvalue weighted by atomic mass is 10.2. The second-order valence-corrected chi connectivity index (χ2v) is 7.05. The fourth-order valence-corrected chi connectivity index (χ4v) is 3.51. The number of hydrogen-bond acceptors (Lipinski definition) is 6. The number of alkyl halides is 2. The molecule has 0 fully saturated rings. The number of carbonyl (C=O) groups excluding carboxylic acids is 1. The predicted molar refractivity (Wildman–Crippen MR) is 110 cm³/mol. The van der Waals surface area contributed by atoms with Crippen LogP contribution in [0.15, 0.2) is 47.8 Å². The van der Waals surface area contributed by atoms with E-state index in [1.807, 2.05) is 29.6 Å². The van der Waals surface area contributed by atoms with Crippen LogP contribution in [0.2, 0.25) is 0 Å². The zero-order valence-corrected chi connectivity index (χ0v) is 17.2. The summed E-state index contributed by atoms with van der Waals surface area (Å²) >= 11 is 1.51. The van der Waals surface area contributed by atoms with Crippen LogP contribution >= 0.6 is 11.3 Å². The first kappa shape index (κ1) is 21.5. The summed E-state index contributed by atoms with van der Waals surface area (Å²) in [5, 5.41) is 5.64. The Morgan fingerprint density at radius 1 is 1.10 bits per heavy atom. The Balaban J connectivity index is 1.56. The number of carbonyl (C=O) groups is 1. The van der Waals surface area contributed by atoms with E-state index in [2.05, 4.69) is 15.0 Å². The highest BCUT2D eigenvalue weighted by molar-refractivity contribution is 7.09. The molecule has 1 heterocycles. The monoisotopic (exact) mass is 434 g/mol. The van der Waals surface area contributed by atoms with Gasteiger partial charge in [-0.25, -0.2) is 4.98 Å². The first-order chi connectivity index (χ1) is 14.5. The van der Waals surface area contributed by atoms with E-state index in [1.54, 1.807) is 7.11 Å². The molecule has 30 heavy (non-hydrogen) atoms. The van der Waals surface area contributed by atoms with Gasteiger partial charge in [-0.05, 0) is 42.5 Å². The molecule has 0 aliphatic heterocycles. The fraction of sp³-hybridized carbons (Fsp3) is 0.238. The van der Waals surface area contributed by atoms with E-state index in [9.17, 15) is 13.6 Å². The number of ether oxygens (including phenoxy) is 3. The number of amides is 1. The van der Waals surface area contributed by atoms with Gasteiger partial charge in [0.25, 0.3) is 5.91 Å². The van der Waals surface area contributed by atoms with Crippen molar-refractivity contribution < 1.29 is 27.8 Å². The van der Waals surface area contributed by atoms with Crippen molar-refractivity contribution >= 4 is 17.2 Å². The number of benzene rings is 2. The molecule has 158 valence electrons. The third-order valence-corrected chi connectivity index (χ3v) is 5.11. The number of nitrogens with one attached hydrogen (secondary N) is 1. The first-order valence-electron chi connectivity index (χ1n) is 9.00. The van der Waals surface area contributed by atoms with Gasteiger partial charge in [-0.15, -0.1) is 11.3 Å². The third kappa shape index (κ3) is 5.44. The number of hydrogen-bond donors (Lipinski definition) is 1. The number of methoxy groups -OCH3 is 2. The molecule has 0 saturated heterocycles. The molecule has 0 aliphatic carbocycles. The second kappa shape index (κ2) is 10.0. The minimum absolute atomic E-state index is 0.0620. The Morgan fingerprint density at radius 2 is 1.87 bits per heavy atom. The van der Waals surface area contributed by atoms with Gasteiger partial charge in [0.1, 0.15) is 5.75 Å². The Bertz CT molecular complexity index is 993. The SMILES string of the molecule is COc1ccc(-c2csc(CCNC(=O)c3ccc(OC(F)F)c(OC)c3)n2)cc1. The smallest absolute Gasteiger partial charge is 0.387 e. The highest BCUT2D eigenvalue weighted by Crippen LogP contribution is 2.29. The average Bonchev–Trinajstić information content (AvgIpc) is 3.22. The van der Waals surface area contributed by atoms with Crippen LogP contribution in [0.3, 0.4) is 0 Å². The maximum absolute atomic E-state index is 12.4. The van der Waals surface area contributed by atoms with Crippen LogP contribution in [-0.2, 0) is 6.42 Å². The van der Waals surface area contributed by atoms with E-state index in [1.165, 1.54) is 36.6 Å². The van der Waals surface area contributed by atoms with Gasteiger partial charge in [0.2, 0.25) is 0 Å². The van der Waals surface area contributed by atoms with Crippen molar-refractivity contribution in [3.8, 4) is 28.5 Å². The summed E-state index contributed by atoms with van der Waals surface area (Å²) in [5.41, 5.74) is 2.13. The average molecular weight is 434 g/mol. The standard InChI is InChI=1S/C21H20F2N2O4S/c1-27-15-6-3-13(4-7-15)16-12-30-19(25-16)9-10-24-20(26)14-5-8-17(29-21(22)23)18(11-14)28-2/h3-8,11-12,21H,9-10H2,1-2H3,(H,24,26). The molecule has 1 N–H and O–H groups in total. The summed E-state index contributed by atoms with van der Waals surface area (Å²) in [7, 11) is 2.93. The molecule has 3 aromatic rings. The third-order valence-electron chi connectivity index (χ3n) is 4.20. The molecular formula is C21H20F2N2O4S. The van der Waals surface area contributed by atoms with Gasteiger partial charge in [-0.2, -0.15) is 8.78 Å². The molecule has 0 aliphatic rings. The zero-order valence-electron chi connectivity index (χ0n) is 16.4. The minimum atomic E-state index is -2.97. The van der Waals surface area contributed by atoms with Gasteiger partial charge >= 0.3 is 6.61 Å². The Hall–Kier alpha value is -3.20. The van der Waals surface area contributed by atoms with Crippen LogP contribution < -0.4 is 19.5 Å². The molecular weight excluding hydrogens is 414 g/mol. The zero-order chi connectivity index (χ0) is 21.5. The van der Waals surface area contributed by atoms with Crippen LogP contribution in [0.1, 0.15) is 15.4 Å². The number of thiazole rings is 1. The number of nitrogens with zero attached hydrogens (tertiary/aromatic N) is 1. The lowest BCUT2D eigenvalue weighted by Crippen LogP contribution is -2.25. The van der Waals surface area contributed by atoms with Crippen LogP contribution in [-0.4, -0.2) is 38.3 Å². The number of rotatable bonds is 9. The van der Waals surface area contributed by atoms with Gasteiger partial charge in [0.15, 0.2) is 11.5 Å². The lowest BCUT2D eigenvalue weighted by molar-refractivity contribution is -0.0512. The molecule has 1 aromatic heterocycles. The molecule has 1 amide bonds. The van der Waals surface area contributed by atoms with Crippen molar-refractivity contribution in [2.24, 2.45) is 0 Å². The summed E-state index contributed by atoms with van der Waals surface area (Å²) in [4.78, 5) is 16.9. The van der Waals surface area contributed by atoms with Crippen LogP contribution in [0.4, 0.5) is 8.78 Å². The predicted octanol–water partition coefficient (Wildman–Crippen LogP) is 4.40. The Morgan fingerprint density at radius 3 is 2.53 bits per heavy atom. The summed E-state index contributed by atoms with van der Waals surface area (Å²) in [6.07, 6.45) is 0.566. The molecule has 9 heteroatoms. The largest absolute Gasteiger partial charge is 0.497 e. The summed E-state index contributed by atoms with van der Waals surface area (Å²) in [6.45, 7) is -2.59. The van der Waals surface area contributed by atoms with E-state index in [-0.39, 0.29) is 23.0 Å². The Labute approximate surface area is 176 Å². The summed E-state index contributed by atoms with van der Waals surface area (Å²) < 4.78 is 39.3. The fourth-order valence-electron chi connectivity index (χ4n) is 2.71. The normalized spacial score (nSPS) is 10.7. The van der Waals surface area contributed by atoms with E-state index in [0.29, 0.717) is 13.0 Å². The molecule has 3 rings (SSSR count). The minimum Gasteiger partial charge on any atom is -0.497 e. The molecule has 0 spiro atoms. The topological polar surface area (TPSA) is 69.7 Å². The maximum atomic E-state index is 12.4. The van der Waals surface area contributed by atoms with E-state index in [0.717, 1.165) is 22.0 Å². The van der Waals surface area contributed by atoms with Crippen LogP contribution in [0, 0.1) is 0 Å².